The van der Waals surface area contributed by atoms with Crippen LogP contribution in [0.25, 0.3) is 10.9 Å². The Morgan fingerprint density at radius 2 is 2.25 bits per heavy atom. The fourth-order valence-electron chi connectivity index (χ4n) is 3.41. The molecular formula is C19H19N3OS. The summed E-state index contributed by atoms with van der Waals surface area (Å²) in [6.07, 6.45) is 6.81. The number of benzene rings is 1. The molecule has 1 aromatic carbocycles. The van der Waals surface area contributed by atoms with Crippen LogP contribution in [-0.4, -0.2) is 17.1 Å². The van der Waals surface area contributed by atoms with Crippen molar-refractivity contribution in [3.05, 3.63) is 52.0 Å². The molecule has 0 radical (unpaired) electrons. The lowest BCUT2D eigenvalue weighted by atomic mass is 9.88. The van der Waals surface area contributed by atoms with Crippen LogP contribution in [0.15, 0.2) is 35.5 Å². The first-order valence-corrected chi connectivity index (χ1v) is 8.99. The van der Waals surface area contributed by atoms with E-state index < -0.39 is 0 Å². The Morgan fingerprint density at radius 3 is 3.08 bits per heavy atom. The molecule has 24 heavy (non-hydrogen) atoms. The highest BCUT2D eigenvalue weighted by Crippen LogP contribution is 2.41. The number of rotatable bonds is 3. The Labute approximate surface area is 144 Å². The second-order valence-electron chi connectivity index (χ2n) is 6.44. The third-order valence-corrected chi connectivity index (χ3v) is 5.84. The lowest BCUT2D eigenvalue weighted by Crippen LogP contribution is -2.16. The van der Waals surface area contributed by atoms with Gasteiger partial charge in [0.05, 0.1) is 5.56 Å². The molecule has 0 spiro atoms. The van der Waals surface area contributed by atoms with Crippen LogP contribution in [0.5, 0.6) is 0 Å². The zero-order valence-corrected chi connectivity index (χ0v) is 14.3. The predicted molar refractivity (Wildman–Crippen MR) is 99.6 cm³/mol. The van der Waals surface area contributed by atoms with E-state index >= 15 is 0 Å². The van der Waals surface area contributed by atoms with Crippen LogP contribution in [-0.2, 0) is 12.8 Å². The van der Waals surface area contributed by atoms with E-state index in [1.165, 1.54) is 4.88 Å². The first-order chi connectivity index (χ1) is 11.6. The van der Waals surface area contributed by atoms with Gasteiger partial charge in [-0.05, 0) is 36.8 Å². The van der Waals surface area contributed by atoms with Gasteiger partial charge in [0.1, 0.15) is 5.00 Å². The van der Waals surface area contributed by atoms with Gasteiger partial charge in [-0.1, -0.05) is 25.1 Å². The molecule has 2 aromatic heterocycles. The Morgan fingerprint density at radius 1 is 1.42 bits per heavy atom. The number of H-pyrrole nitrogens is 1. The third-order valence-electron chi connectivity index (χ3n) is 4.68. The minimum Gasteiger partial charge on any atom is -0.365 e. The maximum absolute atomic E-state index is 12.0. The van der Waals surface area contributed by atoms with Crippen LogP contribution < -0.4 is 5.73 Å². The number of nitrogens with zero attached hydrogens (tertiary/aromatic N) is 1. The number of fused-ring (bicyclic) bond motifs is 2. The van der Waals surface area contributed by atoms with E-state index in [-0.39, 0.29) is 5.91 Å². The number of primary amides is 1. The summed E-state index contributed by atoms with van der Waals surface area (Å²) in [4.78, 5) is 21.1. The molecule has 0 bridgehead atoms. The van der Waals surface area contributed by atoms with E-state index in [9.17, 15) is 4.79 Å². The molecule has 1 aliphatic rings. The maximum Gasteiger partial charge on any atom is 0.252 e. The summed E-state index contributed by atoms with van der Waals surface area (Å²) >= 11 is 1.61. The molecule has 0 aliphatic heterocycles. The molecular weight excluding hydrogens is 318 g/mol. The summed E-state index contributed by atoms with van der Waals surface area (Å²) in [6, 6.07) is 8.10. The lowest BCUT2D eigenvalue weighted by molar-refractivity contribution is 0.1000. The van der Waals surface area contributed by atoms with Crippen LogP contribution in [0, 0.1) is 5.92 Å². The van der Waals surface area contributed by atoms with Crippen molar-refractivity contribution in [2.24, 2.45) is 16.6 Å². The molecule has 4 rings (SSSR count). The predicted octanol–water partition coefficient (Wildman–Crippen LogP) is 4.20. The number of hydrogen-bond donors (Lipinski definition) is 2. The number of nitrogens with one attached hydrogen (secondary N) is 1. The van der Waals surface area contributed by atoms with Gasteiger partial charge in [0.25, 0.3) is 5.91 Å². The molecule has 0 unspecified atom stereocenters. The summed E-state index contributed by atoms with van der Waals surface area (Å²) in [6.45, 7) is 2.25. The maximum atomic E-state index is 12.0. The van der Waals surface area contributed by atoms with Gasteiger partial charge in [0, 0.05) is 33.8 Å². The summed E-state index contributed by atoms with van der Waals surface area (Å²) in [7, 11) is 0. The van der Waals surface area contributed by atoms with Crippen molar-refractivity contribution in [1.29, 1.82) is 0 Å². The smallest absolute Gasteiger partial charge is 0.252 e. The fourth-order valence-corrected chi connectivity index (χ4v) is 4.77. The number of aliphatic imine (C=N–C) groups is 1. The Kier molecular flexibility index (Phi) is 3.73. The number of hydrogen-bond acceptors (Lipinski definition) is 3. The van der Waals surface area contributed by atoms with Crippen molar-refractivity contribution >= 4 is 39.4 Å². The minimum absolute atomic E-state index is 0.367. The van der Waals surface area contributed by atoms with E-state index in [1.54, 1.807) is 11.3 Å². The summed E-state index contributed by atoms with van der Waals surface area (Å²) < 4.78 is 0. The van der Waals surface area contributed by atoms with Gasteiger partial charge in [0.2, 0.25) is 0 Å². The van der Waals surface area contributed by atoms with Crippen molar-refractivity contribution in [3.63, 3.8) is 0 Å². The van der Waals surface area contributed by atoms with Crippen LogP contribution in [0.2, 0.25) is 0 Å². The van der Waals surface area contributed by atoms with Gasteiger partial charge in [0.15, 0.2) is 0 Å². The van der Waals surface area contributed by atoms with Gasteiger partial charge >= 0.3 is 0 Å². The van der Waals surface area contributed by atoms with Crippen LogP contribution in [0.3, 0.4) is 0 Å². The van der Waals surface area contributed by atoms with Crippen LogP contribution in [0.4, 0.5) is 5.00 Å². The molecule has 1 amide bonds. The zero-order valence-electron chi connectivity index (χ0n) is 13.5. The summed E-state index contributed by atoms with van der Waals surface area (Å²) in [5, 5.41) is 1.86. The fraction of sp³-hybridized carbons (Fsp3) is 0.263. The standard InChI is InChI=1S/C19H19N3OS/c1-11-6-7-14-16(8-11)24-19(17(14)18(20)23)22-10-12-9-21-15-5-3-2-4-13(12)15/h2-5,9-11,21H,6-8H2,1H3,(H2,20,23)/t11-/m0/s1. The highest BCUT2D eigenvalue weighted by molar-refractivity contribution is 7.16. The van der Waals surface area contributed by atoms with Crippen molar-refractivity contribution in [1.82, 2.24) is 4.98 Å². The number of carbonyl (C=O) groups is 1. The monoisotopic (exact) mass is 337 g/mol. The minimum atomic E-state index is -0.367. The van der Waals surface area contributed by atoms with E-state index in [1.807, 2.05) is 30.6 Å². The normalized spacial score (nSPS) is 17.5. The van der Waals surface area contributed by atoms with E-state index in [4.69, 9.17) is 5.73 Å². The molecule has 3 aromatic rings. The highest BCUT2D eigenvalue weighted by atomic mass is 32.1. The molecule has 5 heteroatoms. The first kappa shape index (κ1) is 15.1. The number of aromatic nitrogens is 1. The molecule has 0 saturated heterocycles. The average Bonchev–Trinajstić information content (AvgIpc) is 3.13. The number of para-hydroxylation sites is 1. The first-order valence-electron chi connectivity index (χ1n) is 8.18. The number of nitrogens with two attached hydrogens (primary N) is 1. The largest absolute Gasteiger partial charge is 0.365 e. The number of amides is 1. The van der Waals surface area contributed by atoms with Crippen molar-refractivity contribution in [2.45, 2.75) is 26.2 Å². The Balaban J connectivity index is 1.75. The van der Waals surface area contributed by atoms with Gasteiger partial charge < -0.3 is 10.7 Å². The molecule has 4 nitrogen and oxygen atoms in total. The van der Waals surface area contributed by atoms with Gasteiger partial charge in [-0.15, -0.1) is 11.3 Å². The zero-order chi connectivity index (χ0) is 16.7. The lowest BCUT2D eigenvalue weighted by Gasteiger charge is -2.18. The van der Waals surface area contributed by atoms with E-state index in [0.29, 0.717) is 11.5 Å². The second kappa shape index (κ2) is 5.91. The quantitative estimate of drug-likeness (QED) is 0.691. The van der Waals surface area contributed by atoms with Crippen molar-refractivity contribution in [3.8, 4) is 0 Å². The average molecular weight is 337 g/mol. The Bertz CT molecular complexity index is 951. The molecule has 2 heterocycles. The second-order valence-corrected chi connectivity index (χ2v) is 7.53. The van der Waals surface area contributed by atoms with E-state index in [2.05, 4.69) is 23.0 Å². The van der Waals surface area contributed by atoms with Gasteiger partial charge in [-0.3, -0.25) is 4.79 Å². The molecule has 0 fully saturated rings. The topological polar surface area (TPSA) is 71.2 Å². The highest BCUT2D eigenvalue weighted by Gasteiger charge is 2.26. The molecule has 122 valence electrons. The van der Waals surface area contributed by atoms with Gasteiger partial charge in [-0.2, -0.15) is 0 Å². The van der Waals surface area contributed by atoms with E-state index in [0.717, 1.165) is 46.3 Å². The van der Waals surface area contributed by atoms with Crippen molar-refractivity contribution < 1.29 is 4.79 Å². The van der Waals surface area contributed by atoms with Crippen LogP contribution in [0.1, 0.15) is 39.7 Å². The van der Waals surface area contributed by atoms with Crippen LogP contribution >= 0.6 is 11.3 Å². The summed E-state index contributed by atoms with van der Waals surface area (Å²) in [5.74, 6) is 0.287. The number of thiophene rings is 1. The summed E-state index contributed by atoms with van der Waals surface area (Å²) in [5.41, 5.74) is 9.48. The molecule has 1 atom stereocenters. The Hall–Kier alpha value is -2.40. The number of carbonyl (C=O) groups excluding carboxylic acids is 1. The van der Waals surface area contributed by atoms with Gasteiger partial charge in [-0.25, -0.2) is 4.99 Å². The molecule has 3 N–H and O–H groups in total. The molecule has 0 saturated carbocycles. The van der Waals surface area contributed by atoms with Crippen molar-refractivity contribution in [2.75, 3.05) is 0 Å². The third kappa shape index (κ3) is 2.55. The number of aromatic amines is 1. The SMILES string of the molecule is C[C@H]1CCc2c(sc(N=Cc3c[nH]c4ccccc34)c2C(N)=O)C1. The molecule has 1 aliphatic carbocycles.